The van der Waals surface area contributed by atoms with E-state index in [1.54, 1.807) is 13.1 Å². The molecule has 1 N–H and O–H groups in total. The van der Waals surface area contributed by atoms with E-state index in [0.29, 0.717) is 15.1 Å². The van der Waals surface area contributed by atoms with Gasteiger partial charge in [-0.15, -0.1) is 0 Å². The van der Waals surface area contributed by atoms with Crippen LogP contribution in [0.1, 0.15) is 25.5 Å². The van der Waals surface area contributed by atoms with Gasteiger partial charge in [-0.2, -0.15) is 3.71 Å². The van der Waals surface area contributed by atoms with E-state index in [9.17, 15) is 16.8 Å². The Kier molecular flexibility index (Phi) is 6.41. The average molecular weight is 514 g/mol. The van der Waals surface area contributed by atoms with Gasteiger partial charge >= 0.3 is 0 Å². The average Bonchev–Trinajstić information content (AvgIpc) is 2.79. The molecule has 1 atom stereocenters. The van der Waals surface area contributed by atoms with Crippen molar-refractivity contribution in [1.82, 2.24) is 15.0 Å². The van der Waals surface area contributed by atoms with Gasteiger partial charge in [0.25, 0.3) is 0 Å². The molecule has 4 rings (SSSR count). The van der Waals surface area contributed by atoms with Gasteiger partial charge in [0, 0.05) is 17.1 Å². The molecule has 9 nitrogen and oxygen atoms in total. The van der Waals surface area contributed by atoms with Crippen LogP contribution < -0.4 is 9.03 Å². The van der Waals surface area contributed by atoms with Crippen molar-refractivity contribution in [1.29, 1.82) is 0 Å². The number of pyridine rings is 1. The van der Waals surface area contributed by atoms with Crippen LogP contribution in [0, 0.1) is 6.92 Å². The molecule has 0 saturated carbocycles. The Morgan fingerprint density at radius 2 is 1.74 bits per heavy atom. The molecule has 0 radical (unpaired) electrons. The summed E-state index contributed by atoms with van der Waals surface area (Å²) in [4.78, 5) is 13.2. The zero-order chi connectivity index (χ0) is 25.4. The number of nitrogens with one attached hydrogen (secondary N) is 1. The van der Waals surface area contributed by atoms with Crippen molar-refractivity contribution in [3.63, 3.8) is 0 Å². The molecule has 0 bridgehead atoms. The number of fused-ring (bicyclic) bond motifs is 1. The number of rotatable bonds is 7. The van der Waals surface area contributed by atoms with E-state index in [2.05, 4.69) is 39.3 Å². The maximum absolute atomic E-state index is 12.3. The summed E-state index contributed by atoms with van der Waals surface area (Å²) in [5.41, 5.74) is 2.01. The quantitative estimate of drug-likeness (QED) is 0.506. The standard InChI is InChI=1S/C24H27N5O4S2/c1-5-24(11-7-6-8-12-24)28-23-20-13-18(9-10-21(20)26-16-27-23)19-14-22(17(2)25-15-19)29(34(3,30)31)35(4,32)33/h6-11,13-16H,5,12H2,1-4H3,(H,26,27,28). The molecule has 2 heterocycles. The van der Waals surface area contributed by atoms with Crippen LogP contribution in [0.15, 0.2) is 61.1 Å². The summed E-state index contributed by atoms with van der Waals surface area (Å²) in [5, 5.41) is 4.36. The van der Waals surface area contributed by atoms with E-state index >= 15 is 0 Å². The lowest BCUT2D eigenvalue weighted by atomic mass is 9.88. The van der Waals surface area contributed by atoms with Crippen LogP contribution in [0.25, 0.3) is 22.0 Å². The molecule has 0 amide bonds. The number of anilines is 2. The van der Waals surface area contributed by atoms with Crippen molar-refractivity contribution < 1.29 is 16.8 Å². The third-order valence-corrected chi connectivity index (χ3v) is 9.19. The van der Waals surface area contributed by atoms with Gasteiger partial charge in [0.2, 0.25) is 20.0 Å². The summed E-state index contributed by atoms with van der Waals surface area (Å²) >= 11 is 0. The van der Waals surface area contributed by atoms with Crippen LogP contribution in [0.2, 0.25) is 0 Å². The van der Waals surface area contributed by atoms with E-state index in [4.69, 9.17) is 0 Å². The molecular weight excluding hydrogens is 486 g/mol. The number of hydrogen-bond acceptors (Lipinski definition) is 8. The Bertz CT molecular complexity index is 1530. The van der Waals surface area contributed by atoms with Gasteiger partial charge in [0.1, 0.15) is 12.1 Å². The lowest BCUT2D eigenvalue weighted by molar-refractivity contribution is 0.555. The monoisotopic (exact) mass is 513 g/mol. The van der Waals surface area contributed by atoms with Crippen LogP contribution >= 0.6 is 0 Å². The summed E-state index contributed by atoms with van der Waals surface area (Å²) in [6, 6.07) is 7.09. The number of allylic oxidation sites excluding steroid dienone is 2. The molecule has 0 spiro atoms. The molecule has 1 aromatic carbocycles. The van der Waals surface area contributed by atoms with Gasteiger partial charge in [0.15, 0.2) is 0 Å². The number of aromatic nitrogens is 3. The first-order chi connectivity index (χ1) is 16.4. The maximum Gasteiger partial charge on any atom is 0.245 e. The highest BCUT2D eigenvalue weighted by atomic mass is 32.3. The minimum Gasteiger partial charge on any atom is -0.360 e. The molecule has 3 aromatic rings. The minimum absolute atomic E-state index is 0.0145. The van der Waals surface area contributed by atoms with Gasteiger partial charge in [-0.05, 0) is 43.5 Å². The molecule has 184 valence electrons. The van der Waals surface area contributed by atoms with Crippen LogP contribution in [-0.2, 0) is 20.0 Å². The number of benzene rings is 1. The van der Waals surface area contributed by atoms with Crippen LogP contribution in [0.4, 0.5) is 11.5 Å². The Morgan fingerprint density at radius 3 is 2.37 bits per heavy atom. The first kappa shape index (κ1) is 24.8. The fourth-order valence-electron chi connectivity index (χ4n) is 4.15. The van der Waals surface area contributed by atoms with Crippen LogP contribution in [0.5, 0.6) is 0 Å². The van der Waals surface area contributed by atoms with E-state index < -0.39 is 20.0 Å². The predicted molar refractivity (Wildman–Crippen MR) is 139 cm³/mol. The minimum atomic E-state index is -4.10. The SMILES string of the molecule is CCC1(Nc2ncnc3ccc(-c4cnc(C)c(N(S(C)(=O)=O)S(C)(=O)=O)c4)cc23)C=CC=CC1. The highest BCUT2D eigenvalue weighted by Gasteiger charge is 2.30. The smallest absolute Gasteiger partial charge is 0.245 e. The molecule has 0 saturated heterocycles. The van der Waals surface area contributed by atoms with Gasteiger partial charge < -0.3 is 5.32 Å². The van der Waals surface area contributed by atoms with Gasteiger partial charge in [0.05, 0.1) is 34.9 Å². The zero-order valence-electron chi connectivity index (χ0n) is 19.9. The summed E-state index contributed by atoms with van der Waals surface area (Å²) in [7, 11) is -8.20. The number of aryl methyl sites for hydroxylation is 1. The molecule has 2 aromatic heterocycles. The number of sulfonamides is 2. The van der Waals surface area contributed by atoms with Gasteiger partial charge in [-0.3, -0.25) is 4.98 Å². The van der Waals surface area contributed by atoms with Gasteiger partial charge in [-0.25, -0.2) is 26.8 Å². The summed E-state index contributed by atoms with van der Waals surface area (Å²) in [5.74, 6) is 0.674. The predicted octanol–water partition coefficient (Wildman–Crippen LogP) is 3.80. The van der Waals surface area contributed by atoms with E-state index in [1.165, 1.54) is 12.4 Å². The van der Waals surface area contributed by atoms with Crippen LogP contribution in [-0.4, -0.2) is 49.8 Å². The van der Waals surface area contributed by atoms with E-state index in [1.807, 2.05) is 30.4 Å². The Morgan fingerprint density at radius 1 is 1.00 bits per heavy atom. The number of nitrogens with zero attached hydrogens (tertiary/aromatic N) is 4. The fourth-order valence-corrected chi connectivity index (χ4v) is 7.20. The summed E-state index contributed by atoms with van der Waals surface area (Å²) < 4.78 is 49.7. The highest BCUT2D eigenvalue weighted by molar-refractivity contribution is 8.09. The molecule has 1 unspecified atom stereocenters. The molecule has 0 fully saturated rings. The van der Waals surface area contributed by atoms with Crippen molar-refractivity contribution in [2.45, 2.75) is 32.2 Å². The molecular formula is C24H27N5O4S2. The second-order valence-corrected chi connectivity index (χ2v) is 12.5. The summed E-state index contributed by atoms with van der Waals surface area (Å²) in [6.45, 7) is 3.68. The lowest BCUT2D eigenvalue weighted by Gasteiger charge is -2.32. The van der Waals surface area contributed by atoms with Crippen molar-refractivity contribution in [3.8, 4) is 11.1 Å². The van der Waals surface area contributed by atoms with Crippen molar-refractivity contribution in [2.75, 3.05) is 21.5 Å². The molecule has 0 aliphatic heterocycles. The summed E-state index contributed by atoms with van der Waals surface area (Å²) in [6.07, 6.45) is 14.8. The molecule has 1 aliphatic carbocycles. The second-order valence-electron chi connectivity index (χ2n) is 8.63. The van der Waals surface area contributed by atoms with E-state index in [0.717, 1.165) is 41.8 Å². The van der Waals surface area contributed by atoms with E-state index in [-0.39, 0.29) is 16.9 Å². The maximum atomic E-state index is 12.3. The third-order valence-electron chi connectivity index (χ3n) is 5.97. The highest BCUT2D eigenvalue weighted by Crippen LogP contribution is 2.34. The zero-order valence-corrected chi connectivity index (χ0v) is 21.6. The molecule has 11 heteroatoms. The second kappa shape index (κ2) is 9.04. The largest absolute Gasteiger partial charge is 0.360 e. The van der Waals surface area contributed by atoms with Crippen molar-refractivity contribution in [2.24, 2.45) is 0 Å². The first-order valence-electron chi connectivity index (χ1n) is 11.0. The lowest BCUT2D eigenvalue weighted by Crippen LogP contribution is -2.36. The van der Waals surface area contributed by atoms with Crippen molar-refractivity contribution >= 4 is 42.5 Å². The fraction of sp³-hybridized carbons (Fsp3) is 0.292. The van der Waals surface area contributed by atoms with Crippen LogP contribution in [0.3, 0.4) is 0 Å². The number of hydrogen-bond donors (Lipinski definition) is 1. The Labute approximate surface area is 205 Å². The van der Waals surface area contributed by atoms with Gasteiger partial charge in [-0.1, -0.05) is 37.3 Å². The Hall–Kier alpha value is -3.31. The molecule has 35 heavy (non-hydrogen) atoms. The third kappa shape index (κ3) is 5.06. The topological polar surface area (TPSA) is 122 Å². The Balaban J connectivity index is 1.83. The molecule has 1 aliphatic rings. The normalized spacial score (nSPS) is 18.1. The van der Waals surface area contributed by atoms with Crippen molar-refractivity contribution in [3.05, 3.63) is 66.8 Å². The first-order valence-corrected chi connectivity index (χ1v) is 14.7.